The molecular weight excluding hydrogens is 282 g/mol. The van der Waals surface area contributed by atoms with E-state index in [9.17, 15) is 9.90 Å². The smallest absolute Gasteiger partial charge is 0.257 e. The molecule has 0 saturated carbocycles. The van der Waals surface area contributed by atoms with E-state index in [0.29, 0.717) is 18.8 Å². The number of hydrogen-bond donors (Lipinski definition) is 2. The molecule has 1 unspecified atom stereocenters. The Morgan fingerprint density at radius 3 is 3.05 bits per heavy atom. The molecule has 1 amide bonds. The van der Waals surface area contributed by atoms with Crippen molar-refractivity contribution in [3.63, 3.8) is 0 Å². The third-order valence-electron chi connectivity index (χ3n) is 3.06. The molecule has 1 saturated heterocycles. The van der Waals surface area contributed by atoms with Crippen LogP contribution in [0, 0.1) is 0 Å². The van der Waals surface area contributed by atoms with Gasteiger partial charge in [-0.25, -0.2) is 4.98 Å². The van der Waals surface area contributed by atoms with Crippen LogP contribution in [0.25, 0.3) is 0 Å². The Kier molecular flexibility index (Phi) is 4.17. The number of halogens is 1. The van der Waals surface area contributed by atoms with Crippen molar-refractivity contribution in [1.82, 2.24) is 9.88 Å². The van der Waals surface area contributed by atoms with Crippen molar-refractivity contribution in [3.8, 4) is 0 Å². The first kappa shape index (κ1) is 15.0. The second kappa shape index (κ2) is 5.55. The van der Waals surface area contributed by atoms with Gasteiger partial charge in [-0.05, 0) is 19.9 Å². The lowest BCUT2D eigenvalue weighted by atomic mass is 10.0. The van der Waals surface area contributed by atoms with Crippen molar-refractivity contribution in [3.05, 3.63) is 23.0 Å². The van der Waals surface area contributed by atoms with Crippen LogP contribution in [-0.2, 0) is 4.74 Å². The molecule has 2 rings (SSSR count). The Hall–Kier alpha value is -1.37. The number of carbonyl (C=O) groups excluding carboxylic acids is 1. The van der Waals surface area contributed by atoms with Gasteiger partial charge in [0.25, 0.3) is 5.91 Å². The van der Waals surface area contributed by atoms with Gasteiger partial charge in [-0.1, -0.05) is 11.6 Å². The van der Waals surface area contributed by atoms with Crippen LogP contribution < -0.4 is 5.73 Å². The Balaban J connectivity index is 2.25. The van der Waals surface area contributed by atoms with Gasteiger partial charge in [0.15, 0.2) is 0 Å². The zero-order chi connectivity index (χ0) is 14.9. The fourth-order valence-electron chi connectivity index (χ4n) is 2.33. The average molecular weight is 300 g/mol. The number of carbonyl (C=O) groups is 1. The third-order valence-corrected chi connectivity index (χ3v) is 3.36. The molecule has 2 heterocycles. The molecular formula is C13H18ClN3O3. The highest BCUT2D eigenvalue weighted by Gasteiger charge is 2.36. The molecule has 20 heavy (non-hydrogen) atoms. The molecule has 0 spiro atoms. The summed E-state index contributed by atoms with van der Waals surface area (Å²) < 4.78 is 5.68. The van der Waals surface area contributed by atoms with Gasteiger partial charge in [0.2, 0.25) is 0 Å². The van der Waals surface area contributed by atoms with Gasteiger partial charge in [0.1, 0.15) is 5.15 Å². The van der Waals surface area contributed by atoms with E-state index in [0.717, 1.165) is 0 Å². The molecule has 110 valence electrons. The van der Waals surface area contributed by atoms with Crippen LogP contribution in [0.4, 0.5) is 5.69 Å². The number of amides is 1. The van der Waals surface area contributed by atoms with E-state index in [1.54, 1.807) is 4.90 Å². The number of ether oxygens (including phenoxy) is 1. The minimum Gasteiger partial charge on any atom is -0.397 e. The highest BCUT2D eigenvalue weighted by molar-refractivity contribution is 6.32. The lowest BCUT2D eigenvalue weighted by Crippen LogP contribution is -2.55. The lowest BCUT2D eigenvalue weighted by molar-refractivity contribution is -0.139. The number of rotatable bonds is 2. The number of aliphatic hydroxyl groups is 1. The zero-order valence-electron chi connectivity index (χ0n) is 11.5. The summed E-state index contributed by atoms with van der Waals surface area (Å²) in [6, 6.07) is 1.51. The number of morpholine rings is 1. The topological polar surface area (TPSA) is 88.7 Å². The highest BCUT2D eigenvalue weighted by atomic mass is 35.5. The Morgan fingerprint density at radius 2 is 2.40 bits per heavy atom. The first-order valence-electron chi connectivity index (χ1n) is 6.31. The number of aliphatic hydroxyl groups excluding tert-OH is 1. The second-order valence-corrected chi connectivity index (χ2v) is 5.83. The van der Waals surface area contributed by atoms with Crippen molar-refractivity contribution in [2.24, 2.45) is 0 Å². The normalized spacial score (nSPS) is 21.8. The Bertz CT molecular complexity index is 522. The van der Waals surface area contributed by atoms with E-state index in [2.05, 4.69) is 4.98 Å². The van der Waals surface area contributed by atoms with Gasteiger partial charge in [0.05, 0.1) is 35.8 Å². The van der Waals surface area contributed by atoms with Gasteiger partial charge in [-0.3, -0.25) is 4.79 Å². The van der Waals surface area contributed by atoms with Crippen LogP contribution in [0.15, 0.2) is 12.3 Å². The van der Waals surface area contributed by atoms with Gasteiger partial charge < -0.3 is 20.5 Å². The van der Waals surface area contributed by atoms with Crippen LogP contribution in [0.2, 0.25) is 5.15 Å². The van der Waals surface area contributed by atoms with Crippen molar-refractivity contribution >= 4 is 23.2 Å². The van der Waals surface area contributed by atoms with E-state index in [1.165, 1.54) is 12.3 Å². The largest absolute Gasteiger partial charge is 0.397 e. The summed E-state index contributed by atoms with van der Waals surface area (Å²) in [6.07, 6.45) is 0.995. The standard InChI is InChI=1S/C13H18ClN3O3/c1-13(2)7-17(5-9(6-18)20-13)12(19)10-3-8(15)4-16-11(10)14/h3-4,9,18H,5-7,15H2,1-2H3. The number of nitrogen functional groups attached to an aromatic ring is 1. The number of anilines is 1. The van der Waals surface area contributed by atoms with Crippen molar-refractivity contribution in [2.45, 2.75) is 25.6 Å². The number of aromatic nitrogens is 1. The summed E-state index contributed by atoms with van der Waals surface area (Å²) in [5.41, 5.74) is 5.76. The summed E-state index contributed by atoms with van der Waals surface area (Å²) in [6.45, 7) is 4.32. The number of nitrogens with zero attached hydrogens (tertiary/aromatic N) is 2. The third kappa shape index (κ3) is 3.20. The second-order valence-electron chi connectivity index (χ2n) is 5.47. The molecule has 1 aliphatic rings. The number of hydrogen-bond acceptors (Lipinski definition) is 5. The number of pyridine rings is 1. The van der Waals surface area contributed by atoms with Crippen LogP contribution in [0.5, 0.6) is 0 Å². The molecule has 1 fully saturated rings. The van der Waals surface area contributed by atoms with E-state index >= 15 is 0 Å². The lowest BCUT2D eigenvalue weighted by Gasteiger charge is -2.42. The molecule has 0 aliphatic carbocycles. The number of nitrogens with two attached hydrogens (primary N) is 1. The predicted molar refractivity (Wildman–Crippen MR) is 75.6 cm³/mol. The molecule has 1 aromatic heterocycles. The fourth-order valence-corrected chi connectivity index (χ4v) is 2.51. The fraction of sp³-hybridized carbons (Fsp3) is 0.538. The quantitative estimate of drug-likeness (QED) is 0.793. The van der Waals surface area contributed by atoms with Gasteiger partial charge >= 0.3 is 0 Å². The molecule has 6 nitrogen and oxygen atoms in total. The van der Waals surface area contributed by atoms with E-state index in [1.807, 2.05) is 13.8 Å². The molecule has 1 atom stereocenters. The Labute approximate surface area is 122 Å². The first-order valence-corrected chi connectivity index (χ1v) is 6.69. The average Bonchev–Trinajstić information content (AvgIpc) is 2.38. The highest BCUT2D eigenvalue weighted by Crippen LogP contribution is 2.24. The molecule has 3 N–H and O–H groups in total. The SMILES string of the molecule is CC1(C)CN(C(=O)c2cc(N)cnc2Cl)CC(CO)O1. The minimum absolute atomic E-state index is 0.119. The predicted octanol–water partition coefficient (Wildman–Crippen LogP) is 0.929. The van der Waals surface area contributed by atoms with Crippen LogP contribution in [0.3, 0.4) is 0 Å². The van der Waals surface area contributed by atoms with Crippen LogP contribution >= 0.6 is 11.6 Å². The molecule has 1 aliphatic heterocycles. The maximum Gasteiger partial charge on any atom is 0.257 e. The van der Waals surface area contributed by atoms with E-state index in [-0.39, 0.29) is 23.2 Å². The molecule has 0 aromatic carbocycles. The maximum atomic E-state index is 12.5. The molecule has 0 bridgehead atoms. The van der Waals surface area contributed by atoms with Crippen molar-refractivity contribution in [1.29, 1.82) is 0 Å². The van der Waals surface area contributed by atoms with Gasteiger partial charge in [-0.2, -0.15) is 0 Å². The summed E-state index contributed by atoms with van der Waals surface area (Å²) in [5, 5.41) is 9.39. The van der Waals surface area contributed by atoms with E-state index in [4.69, 9.17) is 22.1 Å². The summed E-state index contributed by atoms with van der Waals surface area (Å²) in [5.74, 6) is -0.260. The summed E-state index contributed by atoms with van der Waals surface area (Å²) in [4.78, 5) is 18.0. The van der Waals surface area contributed by atoms with Gasteiger partial charge in [-0.15, -0.1) is 0 Å². The molecule has 0 radical (unpaired) electrons. The molecule has 7 heteroatoms. The molecule has 1 aromatic rings. The Morgan fingerprint density at radius 1 is 1.70 bits per heavy atom. The first-order chi connectivity index (χ1) is 9.32. The maximum absolute atomic E-state index is 12.5. The summed E-state index contributed by atoms with van der Waals surface area (Å²) >= 11 is 5.96. The van der Waals surface area contributed by atoms with E-state index < -0.39 is 11.7 Å². The van der Waals surface area contributed by atoms with Crippen LogP contribution in [-0.4, -0.2) is 52.3 Å². The van der Waals surface area contributed by atoms with Gasteiger partial charge in [0, 0.05) is 13.1 Å². The van der Waals surface area contributed by atoms with Crippen LogP contribution in [0.1, 0.15) is 24.2 Å². The van der Waals surface area contributed by atoms with Crippen molar-refractivity contribution < 1.29 is 14.6 Å². The van der Waals surface area contributed by atoms with Crippen molar-refractivity contribution in [2.75, 3.05) is 25.4 Å². The minimum atomic E-state index is -0.526. The summed E-state index contributed by atoms with van der Waals surface area (Å²) in [7, 11) is 0. The zero-order valence-corrected chi connectivity index (χ0v) is 12.2. The monoisotopic (exact) mass is 299 g/mol.